The number of hydrogen-bond acceptors (Lipinski definition) is 1. The Morgan fingerprint density at radius 2 is 0.964 bits per heavy atom. The molecule has 1 heteroatoms. The van der Waals surface area contributed by atoms with E-state index >= 15 is 0 Å². The number of fused-ring (bicyclic) bond motifs is 7. The Bertz CT molecular complexity index is 1470. The van der Waals surface area contributed by atoms with Crippen LogP contribution in [0.2, 0.25) is 0 Å². The van der Waals surface area contributed by atoms with E-state index in [1.807, 2.05) is 6.20 Å². The van der Waals surface area contributed by atoms with Crippen LogP contribution in [0.1, 0.15) is 0 Å². The van der Waals surface area contributed by atoms with Gasteiger partial charge in [-0.1, -0.05) is 91.0 Å². The van der Waals surface area contributed by atoms with Crippen LogP contribution in [-0.4, -0.2) is 4.98 Å². The van der Waals surface area contributed by atoms with Crippen molar-refractivity contribution in [2.24, 2.45) is 0 Å². The van der Waals surface area contributed by atoms with Crippen molar-refractivity contribution in [3.8, 4) is 11.3 Å². The lowest BCUT2D eigenvalue weighted by Gasteiger charge is -2.12. The fourth-order valence-electron chi connectivity index (χ4n) is 4.39. The van der Waals surface area contributed by atoms with Crippen LogP contribution in [0.4, 0.5) is 0 Å². The van der Waals surface area contributed by atoms with E-state index in [0.717, 1.165) is 5.69 Å². The largest absolute Gasteiger partial charge is 0.256 e. The van der Waals surface area contributed by atoms with E-state index in [1.54, 1.807) is 0 Å². The summed E-state index contributed by atoms with van der Waals surface area (Å²) in [6, 6.07) is 34.5. The molecule has 1 aromatic heterocycles. The molecule has 6 aromatic rings. The molecule has 0 aliphatic heterocycles. The average molecular weight is 355 g/mol. The Morgan fingerprint density at radius 1 is 0.429 bits per heavy atom. The molecule has 28 heavy (non-hydrogen) atoms. The van der Waals surface area contributed by atoms with Crippen LogP contribution in [0.5, 0.6) is 0 Å². The van der Waals surface area contributed by atoms with E-state index in [2.05, 4.69) is 97.1 Å². The maximum absolute atomic E-state index is 4.88. The molecule has 0 unspecified atom stereocenters. The molecule has 0 spiro atoms. The van der Waals surface area contributed by atoms with Gasteiger partial charge < -0.3 is 0 Å². The highest BCUT2D eigenvalue weighted by Crippen LogP contribution is 2.37. The Morgan fingerprint density at radius 3 is 1.68 bits per heavy atom. The first kappa shape index (κ1) is 15.4. The van der Waals surface area contributed by atoms with Crippen LogP contribution < -0.4 is 0 Å². The van der Waals surface area contributed by atoms with Crippen molar-refractivity contribution in [2.75, 3.05) is 0 Å². The van der Waals surface area contributed by atoms with Gasteiger partial charge in [0.2, 0.25) is 0 Å². The first-order valence-corrected chi connectivity index (χ1v) is 9.57. The lowest BCUT2D eigenvalue weighted by Crippen LogP contribution is -1.89. The van der Waals surface area contributed by atoms with Gasteiger partial charge in [-0.05, 0) is 43.8 Å². The van der Waals surface area contributed by atoms with Crippen molar-refractivity contribution in [3.05, 3.63) is 103 Å². The number of hydrogen-bond donors (Lipinski definition) is 0. The summed E-state index contributed by atoms with van der Waals surface area (Å²) in [5.41, 5.74) is 2.20. The summed E-state index contributed by atoms with van der Waals surface area (Å²) in [7, 11) is 0. The molecular formula is C27H17N. The lowest BCUT2D eigenvalue weighted by molar-refractivity contribution is 1.37. The minimum absolute atomic E-state index is 1.02. The normalized spacial score (nSPS) is 11.6. The standard InChI is InChI=1S/C27H17N/c1-2-10-19-18(8-1)9-7-15-24(19)27-16-25-22-13-5-3-11-20(22)21-12-4-6-14-23(21)26(25)17-28-27/h1-17H. The summed E-state index contributed by atoms with van der Waals surface area (Å²) < 4.78 is 0. The molecule has 0 amide bonds. The molecular weight excluding hydrogens is 338 g/mol. The summed E-state index contributed by atoms with van der Waals surface area (Å²) in [4.78, 5) is 4.88. The second-order valence-electron chi connectivity index (χ2n) is 7.23. The molecule has 0 bridgehead atoms. The molecule has 6 rings (SSSR count). The van der Waals surface area contributed by atoms with E-state index < -0.39 is 0 Å². The number of aromatic nitrogens is 1. The van der Waals surface area contributed by atoms with E-state index in [9.17, 15) is 0 Å². The molecule has 0 N–H and O–H groups in total. The summed E-state index contributed by atoms with van der Waals surface area (Å²) in [6.07, 6.45) is 2.04. The molecule has 0 saturated heterocycles. The fourth-order valence-corrected chi connectivity index (χ4v) is 4.39. The Hall–Kier alpha value is -3.71. The Labute approximate surface area is 162 Å². The fraction of sp³-hybridized carbons (Fsp3) is 0. The first-order valence-electron chi connectivity index (χ1n) is 9.57. The molecule has 130 valence electrons. The SMILES string of the molecule is c1ccc2c(-c3cc4c5ccccc5c5ccccc5c4cn3)cccc2c1. The monoisotopic (exact) mass is 355 g/mol. The predicted molar refractivity (Wildman–Crippen MR) is 120 cm³/mol. The number of pyridine rings is 1. The third kappa shape index (κ3) is 2.17. The zero-order valence-electron chi connectivity index (χ0n) is 15.3. The van der Waals surface area contributed by atoms with Crippen LogP contribution in [0.15, 0.2) is 103 Å². The smallest absolute Gasteiger partial charge is 0.0714 e. The summed E-state index contributed by atoms with van der Waals surface area (Å²) in [5.74, 6) is 0. The van der Waals surface area contributed by atoms with Crippen LogP contribution in [0.25, 0.3) is 54.3 Å². The van der Waals surface area contributed by atoms with Gasteiger partial charge in [-0.25, -0.2) is 0 Å². The van der Waals surface area contributed by atoms with Gasteiger partial charge in [-0.2, -0.15) is 0 Å². The van der Waals surface area contributed by atoms with Gasteiger partial charge >= 0.3 is 0 Å². The zero-order chi connectivity index (χ0) is 18.5. The Kier molecular flexibility index (Phi) is 3.24. The van der Waals surface area contributed by atoms with Crippen molar-refractivity contribution in [3.63, 3.8) is 0 Å². The molecule has 0 radical (unpaired) electrons. The van der Waals surface area contributed by atoms with E-state index in [-0.39, 0.29) is 0 Å². The summed E-state index contributed by atoms with van der Waals surface area (Å²) in [5, 5.41) is 10.1. The summed E-state index contributed by atoms with van der Waals surface area (Å²) in [6.45, 7) is 0. The minimum atomic E-state index is 1.02. The molecule has 0 aliphatic carbocycles. The van der Waals surface area contributed by atoms with Gasteiger partial charge in [0, 0.05) is 17.1 Å². The third-order valence-corrected chi connectivity index (χ3v) is 5.69. The number of nitrogens with zero attached hydrogens (tertiary/aromatic N) is 1. The van der Waals surface area contributed by atoms with Gasteiger partial charge in [0.15, 0.2) is 0 Å². The van der Waals surface area contributed by atoms with Crippen molar-refractivity contribution in [2.45, 2.75) is 0 Å². The lowest BCUT2D eigenvalue weighted by atomic mass is 9.94. The molecule has 0 fully saturated rings. The minimum Gasteiger partial charge on any atom is -0.256 e. The molecule has 1 heterocycles. The summed E-state index contributed by atoms with van der Waals surface area (Å²) >= 11 is 0. The van der Waals surface area contributed by atoms with Gasteiger partial charge in [-0.3, -0.25) is 4.98 Å². The van der Waals surface area contributed by atoms with Crippen LogP contribution >= 0.6 is 0 Å². The quantitative estimate of drug-likeness (QED) is 0.281. The highest BCUT2D eigenvalue weighted by atomic mass is 14.7. The van der Waals surface area contributed by atoms with Crippen molar-refractivity contribution < 1.29 is 0 Å². The Balaban J connectivity index is 1.76. The van der Waals surface area contributed by atoms with Crippen molar-refractivity contribution in [1.82, 2.24) is 4.98 Å². The van der Waals surface area contributed by atoms with Gasteiger partial charge in [0.25, 0.3) is 0 Å². The van der Waals surface area contributed by atoms with Gasteiger partial charge in [0.05, 0.1) is 5.69 Å². The van der Waals surface area contributed by atoms with Crippen molar-refractivity contribution in [1.29, 1.82) is 0 Å². The molecule has 0 atom stereocenters. The molecule has 5 aromatic carbocycles. The second kappa shape index (κ2) is 5.90. The maximum atomic E-state index is 4.88. The van der Waals surface area contributed by atoms with E-state index in [4.69, 9.17) is 4.98 Å². The van der Waals surface area contributed by atoms with Crippen LogP contribution in [0.3, 0.4) is 0 Å². The van der Waals surface area contributed by atoms with E-state index in [1.165, 1.54) is 48.7 Å². The third-order valence-electron chi connectivity index (χ3n) is 5.69. The van der Waals surface area contributed by atoms with E-state index in [0.29, 0.717) is 0 Å². The number of rotatable bonds is 1. The zero-order valence-corrected chi connectivity index (χ0v) is 15.3. The molecule has 0 saturated carbocycles. The second-order valence-corrected chi connectivity index (χ2v) is 7.23. The van der Waals surface area contributed by atoms with Crippen LogP contribution in [-0.2, 0) is 0 Å². The molecule has 0 aliphatic rings. The topological polar surface area (TPSA) is 12.9 Å². The molecule has 1 nitrogen and oxygen atoms in total. The first-order chi connectivity index (χ1) is 13.9. The highest BCUT2D eigenvalue weighted by Gasteiger charge is 2.11. The maximum Gasteiger partial charge on any atom is 0.0714 e. The van der Waals surface area contributed by atoms with Crippen molar-refractivity contribution >= 4 is 43.1 Å². The average Bonchev–Trinajstić information content (AvgIpc) is 2.78. The number of benzene rings is 5. The van der Waals surface area contributed by atoms with Gasteiger partial charge in [0.1, 0.15) is 0 Å². The predicted octanol–water partition coefficient (Wildman–Crippen LogP) is 7.36. The highest BCUT2D eigenvalue weighted by molar-refractivity contribution is 6.25. The van der Waals surface area contributed by atoms with Crippen LogP contribution in [0, 0.1) is 0 Å². The van der Waals surface area contributed by atoms with Gasteiger partial charge in [-0.15, -0.1) is 0 Å².